The molecule has 12 nitrogen and oxygen atoms in total. The monoisotopic (exact) mass is 584 g/mol. The van der Waals surface area contributed by atoms with Crippen LogP contribution in [0.5, 0.6) is 0 Å². The third-order valence-electron chi connectivity index (χ3n) is 7.25. The minimum atomic E-state index is -3.96. The molecule has 40 heavy (non-hydrogen) atoms. The number of imidazole rings is 1. The Morgan fingerprint density at radius 1 is 1.27 bits per heavy atom. The van der Waals surface area contributed by atoms with E-state index in [0.29, 0.717) is 23.8 Å². The van der Waals surface area contributed by atoms with Crippen molar-refractivity contribution < 1.29 is 27.2 Å². The Morgan fingerprint density at radius 2 is 2.10 bits per heavy atom. The van der Waals surface area contributed by atoms with Crippen molar-refractivity contribution in [2.45, 2.75) is 50.7 Å². The van der Waals surface area contributed by atoms with E-state index >= 15 is 0 Å². The van der Waals surface area contributed by atoms with Crippen LogP contribution >= 0.6 is 11.3 Å². The van der Waals surface area contributed by atoms with Crippen molar-refractivity contribution >= 4 is 44.3 Å². The van der Waals surface area contributed by atoms with Crippen molar-refractivity contribution in [1.82, 2.24) is 24.2 Å². The van der Waals surface area contributed by atoms with E-state index in [4.69, 9.17) is 13.9 Å². The van der Waals surface area contributed by atoms with Gasteiger partial charge >= 0.3 is 10.3 Å². The predicted octanol–water partition coefficient (Wildman–Crippen LogP) is 2.33. The van der Waals surface area contributed by atoms with Crippen LogP contribution in [0.4, 0.5) is 5.82 Å². The fraction of sp³-hybridized carbons (Fsp3) is 0.385. The fourth-order valence-corrected chi connectivity index (χ4v) is 6.94. The Morgan fingerprint density at radius 3 is 2.92 bits per heavy atom. The summed E-state index contributed by atoms with van der Waals surface area (Å²) in [6.45, 7) is 3.20. The van der Waals surface area contributed by atoms with Gasteiger partial charge < -0.3 is 19.7 Å². The van der Waals surface area contributed by atoms with Gasteiger partial charge in [0.05, 0.1) is 34.2 Å². The highest BCUT2D eigenvalue weighted by atomic mass is 32.2. The largest absolute Gasteiger partial charge is 0.390 e. The van der Waals surface area contributed by atoms with Crippen molar-refractivity contribution in [1.29, 1.82) is 0 Å². The van der Waals surface area contributed by atoms with Gasteiger partial charge in [-0.25, -0.2) is 15.0 Å². The minimum absolute atomic E-state index is 0.210. The fourth-order valence-electron chi connectivity index (χ4n) is 5.31. The van der Waals surface area contributed by atoms with E-state index in [0.717, 1.165) is 27.3 Å². The van der Waals surface area contributed by atoms with Crippen molar-refractivity contribution in [3.63, 3.8) is 0 Å². The van der Waals surface area contributed by atoms with Crippen molar-refractivity contribution in [3.8, 4) is 0 Å². The molecule has 4 aromatic rings. The van der Waals surface area contributed by atoms with E-state index in [1.165, 1.54) is 30.9 Å². The normalized spacial score (nSPS) is 22.9. The molecule has 4 heterocycles. The predicted molar refractivity (Wildman–Crippen MR) is 148 cm³/mol. The maximum atomic E-state index is 13.7. The Hall–Kier alpha value is -3.27. The van der Waals surface area contributed by atoms with Gasteiger partial charge in [-0.2, -0.15) is 13.1 Å². The third kappa shape index (κ3) is 5.02. The Labute approximate surface area is 234 Å². The van der Waals surface area contributed by atoms with Crippen molar-refractivity contribution in [2.75, 3.05) is 19.0 Å². The molecule has 1 aromatic carbocycles. The van der Waals surface area contributed by atoms with Gasteiger partial charge in [0, 0.05) is 36.3 Å². The maximum absolute atomic E-state index is 13.7. The van der Waals surface area contributed by atoms with E-state index < -0.39 is 28.6 Å². The second-order valence-corrected chi connectivity index (χ2v) is 12.5. The van der Waals surface area contributed by atoms with Crippen LogP contribution in [0, 0.1) is 6.92 Å². The van der Waals surface area contributed by atoms with Gasteiger partial charge in [-0.05, 0) is 38.0 Å². The van der Waals surface area contributed by atoms with E-state index in [2.05, 4.69) is 24.6 Å². The molecule has 1 aliphatic carbocycles. The van der Waals surface area contributed by atoms with Gasteiger partial charge in [-0.1, -0.05) is 12.1 Å². The first-order valence-corrected chi connectivity index (χ1v) is 15.0. The van der Waals surface area contributed by atoms with Crippen LogP contribution in [0.2, 0.25) is 0 Å². The van der Waals surface area contributed by atoms with Gasteiger partial charge in [-0.3, -0.25) is 8.98 Å². The maximum Gasteiger partial charge on any atom is 0.335 e. The van der Waals surface area contributed by atoms with Crippen LogP contribution in [0.3, 0.4) is 0 Å². The van der Waals surface area contributed by atoms with Crippen LogP contribution in [-0.2, 0) is 25.8 Å². The second kappa shape index (κ2) is 10.6. The highest BCUT2D eigenvalue weighted by Gasteiger charge is 2.37. The highest BCUT2D eigenvalue weighted by Crippen LogP contribution is 2.38. The number of aliphatic hydroxyl groups excluding tert-OH is 1. The van der Waals surface area contributed by atoms with Crippen molar-refractivity contribution in [2.24, 2.45) is 0 Å². The zero-order chi connectivity index (χ0) is 28.0. The number of carbonyl (C=O) groups excluding carboxylic acids is 1. The summed E-state index contributed by atoms with van der Waals surface area (Å²) < 4.78 is 39.0. The molecule has 3 aromatic heterocycles. The van der Waals surface area contributed by atoms with Gasteiger partial charge in [0.25, 0.3) is 0 Å². The average molecular weight is 585 g/mol. The van der Waals surface area contributed by atoms with E-state index in [-0.39, 0.29) is 30.2 Å². The molecule has 14 heteroatoms. The Kier molecular flexibility index (Phi) is 7.14. The van der Waals surface area contributed by atoms with Crippen LogP contribution in [0.25, 0.3) is 11.0 Å². The standard InChI is InChI=1S/C26H28N6O6S2/c1-14-16(24-26-31-18-5-3-4-6-19(18)32(26)7-8-37-24)11-22(39-14)23(34)17-12-28-13-29-25(17)30-15-9-20(33)21(10-15)38-40(35,36)27-2/h3-6,11-13,15,20-21,24,27,33H,7-10H2,1-2H3,(H,28,29,30)/t15-,20+,21-,24-/m1/s1. The summed E-state index contributed by atoms with van der Waals surface area (Å²) in [5.41, 5.74) is 3.12. The second-order valence-electron chi connectivity index (χ2n) is 9.77. The summed E-state index contributed by atoms with van der Waals surface area (Å²) in [6, 6.07) is 9.47. The molecule has 210 valence electrons. The van der Waals surface area contributed by atoms with Gasteiger partial charge in [0.1, 0.15) is 30.2 Å². The van der Waals surface area contributed by atoms with E-state index in [1.807, 2.05) is 37.3 Å². The molecular weight excluding hydrogens is 556 g/mol. The number of benzene rings is 1. The lowest BCUT2D eigenvalue weighted by molar-refractivity contribution is 0.0441. The van der Waals surface area contributed by atoms with Gasteiger partial charge in [-0.15, -0.1) is 11.3 Å². The summed E-state index contributed by atoms with van der Waals surface area (Å²) in [6.07, 6.45) is 0.908. The molecule has 6 rings (SSSR count). The number of hydrogen-bond acceptors (Lipinski definition) is 11. The first kappa shape index (κ1) is 26.9. The SMILES string of the molecule is CNS(=O)(=O)O[C@@H]1C[C@H](Nc2ncncc2C(=O)c2cc([C@H]3OCCn4c3nc3ccccc34)c(C)s2)C[C@@H]1O. The summed E-state index contributed by atoms with van der Waals surface area (Å²) in [4.78, 5) is 28.3. The quantitative estimate of drug-likeness (QED) is 0.263. The number of para-hydroxylation sites is 2. The zero-order valence-corrected chi connectivity index (χ0v) is 23.4. The number of thiophene rings is 1. The number of aromatic nitrogens is 4. The van der Waals surface area contributed by atoms with E-state index in [1.54, 1.807) is 0 Å². The summed E-state index contributed by atoms with van der Waals surface area (Å²) in [5, 5.41) is 13.5. The molecule has 0 amide bonds. The highest BCUT2D eigenvalue weighted by molar-refractivity contribution is 7.84. The topological polar surface area (TPSA) is 158 Å². The molecule has 4 atom stereocenters. The van der Waals surface area contributed by atoms with Crippen LogP contribution in [0.1, 0.15) is 50.4 Å². The first-order chi connectivity index (χ1) is 19.2. The third-order valence-corrected chi connectivity index (χ3v) is 9.32. The number of carbonyl (C=O) groups is 1. The first-order valence-electron chi connectivity index (χ1n) is 12.8. The van der Waals surface area contributed by atoms with Crippen LogP contribution < -0.4 is 10.0 Å². The summed E-state index contributed by atoms with van der Waals surface area (Å²) in [5.74, 6) is 0.864. The number of nitrogens with one attached hydrogen (secondary N) is 2. The van der Waals surface area contributed by atoms with Crippen LogP contribution in [-0.4, -0.2) is 70.7 Å². The Balaban J connectivity index is 1.24. The summed E-state index contributed by atoms with van der Waals surface area (Å²) in [7, 11) is -2.72. The lowest BCUT2D eigenvalue weighted by Crippen LogP contribution is -2.31. The molecule has 3 N–H and O–H groups in total. The number of ketones is 1. The molecule has 0 bridgehead atoms. The minimum Gasteiger partial charge on any atom is -0.390 e. The van der Waals surface area contributed by atoms with Crippen molar-refractivity contribution in [3.05, 3.63) is 69.6 Å². The lowest BCUT2D eigenvalue weighted by Gasteiger charge is -2.24. The number of ether oxygens (including phenoxy) is 1. The van der Waals surface area contributed by atoms with E-state index in [9.17, 15) is 18.3 Å². The zero-order valence-electron chi connectivity index (χ0n) is 21.8. The summed E-state index contributed by atoms with van der Waals surface area (Å²) >= 11 is 1.37. The number of rotatable bonds is 8. The van der Waals surface area contributed by atoms with Gasteiger partial charge in [0.15, 0.2) is 0 Å². The molecule has 0 spiro atoms. The van der Waals surface area contributed by atoms with Gasteiger partial charge in [0.2, 0.25) is 5.78 Å². The molecule has 1 fully saturated rings. The smallest absolute Gasteiger partial charge is 0.335 e. The lowest BCUT2D eigenvalue weighted by atomic mass is 10.1. The Bertz CT molecular complexity index is 1690. The molecule has 0 saturated heterocycles. The number of aryl methyl sites for hydroxylation is 1. The molecule has 0 unspecified atom stereocenters. The molecule has 1 aliphatic heterocycles. The number of nitrogens with zero attached hydrogens (tertiary/aromatic N) is 4. The van der Waals surface area contributed by atoms with Crippen LogP contribution in [0.15, 0.2) is 42.9 Å². The number of aliphatic hydroxyl groups is 1. The average Bonchev–Trinajstić information content (AvgIpc) is 3.62. The number of hydrogen-bond donors (Lipinski definition) is 3. The number of anilines is 1. The number of fused-ring (bicyclic) bond motifs is 3. The molecule has 1 saturated carbocycles. The molecule has 0 radical (unpaired) electrons. The molecule has 2 aliphatic rings. The molecular formula is C26H28N6O6S2.